The van der Waals surface area contributed by atoms with Gasteiger partial charge >= 0.3 is 0 Å². The molecule has 4 fully saturated rings. The lowest BCUT2D eigenvalue weighted by Gasteiger charge is -2.35. The number of likely N-dealkylation sites (N-methyl/N-ethyl adjacent to an activating group) is 2. The number of rotatable bonds is 20. The van der Waals surface area contributed by atoms with Crippen LogP contribution < -0.4 is 31.9 Å². The van der Waals surface area contributed by atoms with Crippen molar-refractivity contribution < 1.29 is 43.0 Å². The lowest BCUT2D eigenvalue weighted by Crippen LogP contribution is -2.58. The molecule has 73 heavy (non-hydrogen) atoms. The fourth-order valence-corrected chi connectivity index (χ4v) is 14.8. The van der Waals surface area contributed by atoms with E-state index in [9.17, 15) is 28.8 Å². The summed E-state index contributed by atoms with van der Waals surface area (Å²) >= 11 is 3.35. The minimum atomic E-state index is -0.720. The number of carbonyl (C=O) groups excluding carboxylic acids is 6. The molecule has 4 heterocycles. The van der Waals surface area contributed by atoms with Gasteiger partial charge in [0.05, 0.1) is 47.1 Å². The van der Waals surface area contributed by atoms with Crippen LogP contribution in [0.15, 0.2) is 48.5 Å². The predicted molar refractivity (Wildman–Crippen MR) is 282 cm³/mol. The maximum absolute atomic E-state index is 14.5. The summed E-state index contributed by atoms with van der Waals surface area (Å²) < 4.78 is 19.1. The molecule has 2 unspecified atom stereocenters. The van der Waals surface area contributed by atoms with E-state index < -0.39 is 59.2 Å². The van der Waals surface area contributed by atoms with Crippen LogP contribution in [0.5, 0.6) is 0 Å². The molecule has 0 bridgehead atoms. The molecule has 400 valence electrons. The Hall–Kier alpha value is -4.24. The van der Waals surface area contributed by atoms with Crippen LogP contribution in [0.2, 0.25) is 0 Å². The third-order valence-corrected chi connectivity index (χ3v) is 18.4. The summed E-state index contributed by atoms with van der Waals surface area (Å²) in [5.74, 6) is 0.0402. The number of nitrogens with zero attached hydrogens (tertiary/aromatic N) is 2. The van der Waals surface area contributed by atoms with Gasteiger partial charge in [-0.1, -0.05) is 76.2 Å². The lowest BCUT2D eigenvalue weighted by atomic mass is 9.83. The number of ether oxygens (including phenoxy) is 3. The highest BCUT2D eigenvalue weighted by molar-refractivity contribution is 8.00. The summed E-state index contributed by atoms with van der Waals surface area (Å²) in [7, 11) is 3.41. The molecule has 4 aliphatic heterocycles. The summed E-state index contributed by atoms with van der Waals surface area (Å²) in [4.78, 5) is 86.7. The van der Waals surface area contributed by atoms with E-state index in [0.29, 0.717) is 89.3 Å². The second-order valence-electron chi connectivity index (χ2n) is 22.0. The first-order valence-electron chi connectivity index (χ1n) is 26.3. The second-order valence-corrected chi connectivity index (χ2v) is 24.5. The number of amides is 6. The minimum Gasteiger partial charge on any atom is -0.381 e. The molecule has 0 spiro atoms. The van der Waals surface area contributed by atoms with Crippen molar-refractivity contribution >= 4 is 59.0 Å². The third kappa shape index (κ3) is 12.1. The molecule has 0 radical (unpaired) electrons. The first-order chi connectivity index (χ1) is 34.9. The Morgan fingerprint density at radius 1 is 0.616 bits per heavy atom. The van der Waals surface area contributed by atoms with E-state index in [2.05, 4.69) is 44.0 Å². The molecule has 4 saturated heterocycles. The molecule has 6 N–H and O–H groups in total. The van der Waals surface area contributed by atoms with Gasteiger partial charge in [-0.15, -0.1) is 23.5 Å². The smallest absolute Gasteiger partial charge is 0.246 e. The zero-order valence-electron chi connectivity index (χ0n) is 43.8. The number of fused-ring (bicyclic) bond motifs is 4. The van der Waals surface area contributed by atoms with Gasteiger partial charge < -0.3 is 55.9 Å². The first-order valence-corrected chi connectivity index (χ1v) is 28.4. The monoisotopic (exact) mass is 1050 g/mol. The lowest BCUT2D eigenvalue weighted by molar-refractivity contribution is -0.144. The highest BCUT2D eigenvalue weighted by atomic mass is 32.2. The van der Waals surface area contributed by atoms with Crippen LogP contribution in [0.1, 0.15) is 114 Å². The van der Waals surface area contributed by atoms with Gasteiger partial charge in [-0.25, -0.2) is 0 Å². The van der Waals surface area contributed by atoms with Gasteiger partial charge in [-0.3, -0.25) is 28.8 Å². The largest absolute Gasteiger partial charge is 0.381 e. The van der Waals surface area contributed by atoms with Crippen molar-refractivity contribution in [1.29, 1.82) is 0 Å². The Balaban J connectivity index is 0.816. The molecule has 2 aliphatic carbocycles. The van der Waals surface area contributed by atoms with E-state index >= 15 is 0 Å². The third-order valence-electron chi connectivity index (χ3n) is 15.9. The van der Waals surface area contributed by atoms with Gasteiger partial charge in [0.2, 0.25) is 35.4 Å². The average molecular weight is 1050 g/mol. The molecule has 6 amide bonds. The second kappa shape index (κ2) is 23.8. The van der Waals surface area contributed by atoms with Crippen molar-refractivity contribution in [2.75, 3.05) is 52.0 Å². The van der Waals surface area contributed by atoms with E-state index in [4.69, 9.17) is 14.2 Å². The molecule has 0 aromatic heterocycles. The highest BCUT2D eigenvalue weighted by Gasteiger charge is 2.57. The number of nitrogens with one attached hydrogen (secondary N) is 6. The van der Waals surface area contributed by atoms with Crippen LogP contribution >= 0.6 is 23.5 Å². The molecule has 2 aromatic rings. The molecule has 0 saturated carbocycles. The van der Waals surface area contributed by atoms with Gasteiger partial charge in [-0.2, -0.15) is 0 Å². The number of hydrogen-bond acceptors (Lipinski definition) is 13. The molecular formula is C54H78N8O9S2. The van der Waals surface area contributed by atoms with Crippen LogP contribution in [0.4, 0.5) is 0 Å². The number of hydrogen-bond donors (Lipinski definition) is 6. The molecule has 8 rings (SSSR count). The standard InChI is InChI=1S/C54H78N8O9S2/c1-31(55-7)47(63)57-37-19-25-72-41-29-53(3,4)45(61(41)51(37)67)49(65)59-43-35-17-11-9-15-33(35)27-39(43)70-23-13-21-69-22-14-24-71-40-28-34-16-10-12-18-36(34)44(40)60-50(66)46-54(5,6)30-42-62(46)52(68)38(20-26-73-42)58-48(64)32(2)56-8/h9-12,15-18,31-32,37-46,55-56H,13-14,19-30H2,1-8H3,(H,57,63)(H,58,64)(H,59,65)(H,60,66)/t31-,32+,37-,38+,39+,40-,41?,42?,43-,44+,45+,46-. The van der Waals surface area contributed by atoms with Crippen LogP contribution in [-0.2, 0) is 55.8 Å². The summed E-state index contributed by atoms with van der Waals surface area (Å²) in [5, 5.41) is 18.1. The number of benzene rings is 2. The summed E-state index contributed by atoms with van der Waals surface area (Å²) in [5.41, 5.74) is 3.26. The average Bonchev–Trinajstić information content (AvgIpc) is 4.01. The van der Waals surface area contributed by atoms with Gasteiger partial charge in [0, 0.05) is 39.3 Å². The van der Waals surface area contributed by atoms with Gasteiger partial charge in [-0.05, 0) is 111 Å². The number of carbonyl (C=O) groups is 6. The van der Waals surface area contributed by atoms with Crippen LogP contribution in [0.3, 0.4) is 0 Å². The maximum Gasteiger partial charge on any atom is 0.246 e. The van der Waals surface area contributed by atoms with E-state index in [1.54, 1.807) is 61.3 Å². The van der Waals surface area contributed by atoms with Crippen LogP contribution in [0, 0.1) is 10.8 Å². The highest BCUT2D eigenvalue weighted by Crippen LogP contribution is 2.48. The predicted octanol–water partition coefficient (Wildman–Crippen LogP) is 3.75. The zero-order chi connectivity index (χ0) is 52.2. The Bertz CT molecular complexity index is 2180. The Labute approximate surface area is 439 Å². The Morgan fingerprint density at radius 3 is 1.41 bits per heavy atom. The Kier molecular flexibility index (Phi) is 17.9. The van der Waals surface area contributed by atoms with Crippen molar-refractivity contribution in [3.8, 4) is 0 Å². The molecule has 6 aliphatic rings. The summed E-state index contributed by atoms with van der Waals surface area (Å²) in [6, 6.07) is 11.6. The molecule has 2 aromatic carbocycles. The van der Waals surface area contributed by atoms with E-state index in [-0.39, 0.29) is 58.4 Å². The van der Waals surface area contributed by atoms with Crippen molar-refractivity contribution in [2.45, 2.75) is 164 Å². The van der Waals surface area contributed by atoms with E-state index in [1.165, 1.54) is 0 Å². The molecule has 17 nitrogen and oxygen atoms in total. The topological polar surface area (TPSA) is 209 Å². The molecule has 19 heteroatoms. The normalized spacial score (nSPS) is 29.8. The first kappa shape index (κ1) is 55.0. The summed E-state index contributed by atoms with van der Waals surface area (Å²) in [6.45, 7) is 13.5. The fraction of sp³-hybridized carbons (Fsp3) is 0.667. The van der Waals surface area contributed by atoms with Gasteiger partial charge in [0.25, 0.3) is 0 Å². The maximum atomic E-state index is 14.5. The van der Waals surface area contributed by atoms with Crippen molar-refractivity contribution in [1.82, 2.24) is 41.7 Å². The van der Waals surface area contributed by atoms with Crippen LogP contribution in [0.25, 0.3) is 0 Å². The van der Waals surface area contributed by atoms with Gasteiger partial charge in [0.15, 0.2) is 0 Å². The fourth-order valence-electron chi connectivity index (χ4n) is 11.7. The van der Waals surface area contributed by atoms with E-state index in [1.807, 2.05) is 64.1 Å². The molecule has 12 atom stereocenters. The van der Waals surface area contributed by atoms with Crippen molar-refractivity contribution in [3.63, 3.8) is 0 Å². The quantitative estimate of drug-likeness (QED) is 0.105. The minimum absolute atomic E-state index is 0.165. The molecular weight excluding hydrogens is 969 g/mol. The van der Waals surface area contributed by atoms with Crippen molar-refractivity contribution in [2.24, 2.45) is 10.8 Å². The zero-order valence-corrected chi connectivity index (χ0v) is 45.5. The van der Waals surface area contributed by atoms with Crippen molar-refractivity contribution in [3.05, 3.63) is 70.8 Å². The Morgan fingerprint density at radius 2 is 1.01 bits per heavy atom. The van der Waals surface area contributed by atoms with E-state index in [0.717, 1.165) is 22.3 Å². The SMILES string of the molecule is CN[C@@H](C)C(=O)N[C@H]1CCSC2CC(C)(C)[C@@H](C(=O)N[C@H]3c4ccccc4C[C@H]3OCCCOCCCO[C@H]3Cc4ccccc4[C@H]3NC(=O)[C@@H]3N4C(=O)[C@H](NC(=O)[C@@H](C)NC)CCSC4CC3(C)C)N2C1=O. The van der Waals surface area contributed by atoms with Gasteiger partial charge in [0.1, 0.15) is 24.2 Å². The van der Waals surface area contributed by atoms with Crippen LogP contribution in [-0.4, -0.2) is 156 Å². The summed E-state index contributed by atoms with van der Waals surface area (Å²) in [6.07, 6.45) is 4.32. The number of thioether (sulfide) groups is 2.